The molecule has 0 spiro atoms. The van der Waals surface area contributed by atoms with Gasteiger partial charge in [0.25, 0.3) is 11.1 Å². The second-order valence-electron chi connectivity index (χ2n) is 6.04. The Morgan fingerprint density at radius 1 is 1.04 bits per heavy atom. The minimum Gasteiger partial charge on any atom is -0.326 e. The number of carbonyl (C=O) groups is 1. The maximum absolute atomic E-state index is 12.4. The Kier molecular flexibility index (Phi) is 4.52. The van der Waals surface area contributed by atoms with Crippen LogP contribution in [0.4, 0.5) is 5.69 Å². The van der Waals surface area contributed by atoms with Crippen molar-refractivity contribution in [2.24, 2.45) is 0 Å². The summed E-state index contributed by atoms with van der Waals surface area (Å²) in [7, 11) is 0. The van der Waals surface area contributed by atoms with Crippen LogP contribution in [0.1, 0.15) is 17.5 Å². The van der Waals surface area contributed by atoms with Crippen molar-refractivity contribution in [1.82, 2.24) is 9.78 Å². The third-order valence-corrected chi connectivity index (χ3v) is 4.24. The topological polar surface area (TPSA) is 84.0 Å². The number of benzene rings is 2. The molecule has 0 atom stereocenters. The van der Waals surface area contributed by atoms with Crippen LogP contribution >= 0.6 is 0 Å². The maximum Gasteiger partial charge on any atom is 0.273 e. The quantitative estimate of drug-likeness (QED) is 0.766. The van der Waals surface area contributed by atoms with Gasteiger partial charge in [0.2, 0.25) is 5.91 Å². The predicted molar refractivity (Wildman–Crippen MR) is 98.0 cm³/mol. The van der Waals surface area contributed by atoms with E-state index in [-0.39, 0.29) is 30.0 Å². The molecule has 0 aliphatic rings. The number of nitrogens with one attached hydrogen (secondary N) is 2. The number of nitrogens with zero attached hydrogens (tertiary/aromatic N) is 1. The lowest BCUT2D eigenvalue weighted by Crippen LogP contribution is -2.31. The van der Waals surface area contributed by atoms with Crippen molar-refractivity contribution in [1.29, 1.82) is 0 Å². The van der Waals surface area contributed by atoms with Gasteiger partial charge in [0.05, 0.1) is 17.3 Å². The number of rotatable bonds is 4. The Hall–Kier alpha value is -3.15. The first kappa shape index (κ1) is 16.7. The second kappa shape index (κ2) is 6.76. The highest BCUT2D eigenvalue weighted by Crippen LogP contribution is 2.14. The fraction of sp³-hybridized carbons (Fsp3) is 0.211. The van der Waals surface area contributed by atoms with Crippen LogP contribution < -0.4 is 16.4 Å². The van der Waals surface area contributed by atoms with Crippen LogP contribution in [0, 0.1) is 13.8 Å². The lowest BCUT2D eigenvalue weighted by atomic mass is 10.1. The van der Waals surface area contributed by atoms with E-state index in [0.29, 0.717) is 16.5 Å². The maximum atomic E-state index is 12.4. The molecule has 6 nitrogen and oxygen atoms in total. The van der Waals surface area contributed by atoms with Gasteiger partial charge in [0.1, 0.15) is 0 Å². The van der Waals surface area contributed by atoms with Gasteiger partial charge in [0.15, 0.2) is 0 Å². The van der Waals surface area contributed by atoms with Crippen LogP contribution in [0.5, 0.6) is 0 Å². The summed E-state index contributed by atoms with van der Waals surface area (Å²) in [6, 6.07) is 12.3. The van der Waals surface area contributed by atoms with Gasteiger partial charge < -0.3 is 5.32 Å². The molecule has 6 heteroatoms. The lowest BCUT2D eigenvalue weighted by molar-refractivity contribution is -0.116. The molecule has 2 N–H and O–H groups in total. The zero-order valence-electron chi connectivity index (χ0n) is 14.1. The van der Waals surface area contributed by atoms with Crippen molar-refractivity contribution in [3.8, 4) is 0 Å². The van der Waals surface area contributed by atoms with Crippen LogP contribution in [0.2, 0.25) is 0 Å². The molecule has 1 aromatic heterocycles. The Bertz CT molecular complexity index is 1060. The molecule has 3 rings (SSSR count). The third kappa shape index (κ3) is 3.52. The van der Waals surface area contributed by atoms with E-state index in [2.05, 4.69) is 10.4 Å². The van der Waals surface area contributed by atoms with Crippen molar-refractivity contribution >= 4 is 22.4 Å². The molecular weight excluding hydrogens is 318 g/mol. The van der Waals surface area contributed by atoms with E-state index in [0.717, 1.165) is 11.1 Å². The highest BCUT2D eigenvalue weighted by Gasteiger charge is 2.09. The van der Waals surface area contributed by atoms with Crippen LogP contribution in [0.3, 0.4) is 0 Å². The number of anilines is 1. The van der Waals surface area contributed by atoms with Gasteiger partial charge in [-0.2, -0.15) is 0 Å². The fourth-order valence-electron chi connectivity index (χ4n) is 2.66. The van der Waals surface area contributed by atoms with E-state index >= 15 is 0 Å². The third-order valence-electron chi connectivity index (χ3n) is 4.24. The van der Waals surface area contributed by atoms with E-state index in [9.17, 15) is 14.4 Å². The summed E-state index contributed by atoms with van der Waals surface area (Å²) in [5, 5.41) is 6.03. The van der Waals surface area contributed by atoms with E-state index < -0.39 is 0 Å². The number of H-pyrrole nitrogens is 1. The number of aromatic nitrogens is 2. The first-order valence-electron chi connectivity index (χ1n) is 8.04. The van der Waals surface area contributed by atoms with Crippen molar-refractivity contribution in [3.05, 3.63) is 74.3 Å². The molecule has 0 unspecified atom stereocenters. The van der Waals surface area contributed by atoms with E-state index in [4.69, 9.17) is 0 Å². The fourth-order valence-corrected chi connectivity index (χ4v) is 2.66. The molecule has 128 valence electrons. The average Bonchev–Trinajstić information content (AvgIpc) is 2.60. The summed E-state index contributed by atoms with van der Waals surface area (Å²) in [4.78, 5) is 36.6. The molecule has 0 aliphatic carbocycles. The summed E-state index contributed by atoms with van der Waals surface area (Å²) in [6.45, 7) is 4.09. The molecule has 25 heavy (non-hydrogen) atoms. The lowest BCUT2D eigenvalue weighted by Gasteiger charge is -2.09. The zero-order chi connectivity index (χ0) is 18.0. The van der Waals surface area contributed by atoms with Gasteiger partial charge in [-0.25, -0.2) is 4.68 Å². The van der Waals surface area contributed by atoms with Gasteiger partial charge in [-0.1, -0.05) is 18.2 Å². The summed E-state index contributed by atoms with van der Waals surface area (Å²) < 4.78 is 1.19. The summed E-state index contributed by atoms with van der Waals surface area (Å²) in [5.74, 6) is -0.218. The van der Waals surface area contributed by atoms with Crippen LogP contribution in [-0.4, -0.2) is 15.7 Å². The highest BCUT2D eigenvalue weighted by atomic mass is 16.2. The standard InChI is InChI=1S/C19H19N3O3/c1-12-7-8-14(11-13(12)2)20-17(23)9-10-22-19(25)16-6-4-3-5-15(16)18(24)21-22/h3-8,11H,9-10H2,1-2H3,(H,20,23)(H,21,24). The minimum absolute atomic E-state index is 0.0844. The van der Waals surface area contributed by atoms with E-state index in [1.807, 2.05) is 32.0 Å². The first-order chi connectivity index (χ1) is 12.0. The number of fused-ring (bicyclic) bond motifs is 1. The number of carbonyl (C=O) groups excluding carboxylic acids is 1. The Balaban J connectivity index is 1.75. The number of hydrogen-bond donors (Lipinski definition) is 2. The Labute approximate surface area is 144 Å². The van der Waals surface area contributed by atoms with Gasteiger partial charge in [-0.3, -0.25) is 19.5 Å². The van der Waals surface area contributed by atoms with Crippen molar-refractivity contribution in [3.63, 3.8) is 0 Å². The number of hydrogen-bond acceptors (Lipinski definition) is 3. The van der Waals surface area contributed by atoms with Crippen LogP contribution in [-0.2, 0) is 11.3 Å². The summed E-state index contributed by atoms with van der Waals surface area (Å²) in [6.07, 6.45) is 0.0844. The molecule has 0 aliphatic heterocycles. The van der Waals surface area contributed by atoms with Gasteiger partial charge in [0, 0.05) is 12.1 Å². The zero-order valence-corrected chi connectivity index (χ0v) is 14.1. The summed E-state index contributed by atoms with van der Waals surface area (Å²) in [5.41, 5.74) is 2.30. The molecule has 0 saturated heterocycles. The number of aryl methyl sites for hydroxylation is 3. The SMILES string of the molecule is Cc1ccc(NC(=O)CCn2[nH]c(=O)c3ccccc3c2=O)cc1C. The normalized spacial score (nSPS) is 10.8. The van der Waals surface area contributed by atoms with Gasteiger partial charge >= 0.3 is 0 Å². The van der Waals surface area contributed by atoms with Crippen molar-refractivity contribution < 1.29 is 4.79 Å². The molecule has 0 radical (unpaired) electrons. The first-order valence-corrected chi connectivity index (χ1v) is 8.04. The average molecular weight is 337 g/mol. The van der Waals surface area contributed by atoms with Crippen molar-refractivity contribution in [2.75, 3.05) is 5.32 Å². The largest absolute Gasteiger partial charge is 0.326 e. The number of aromatic amines is 1. The van der Waals surface area contributed by atoms with E-state index in [1.54, 1.807) is 24.3 Å². The molecule has 1 amide bonds. The minimum atomic E-state index is -0.343. The van der Waals surface area contributed by atoms with E-state index in [1.165, 1.54) is 4.68 Å². The monoisotopic (exact) mass is 337 g/mol. The Morgan fingerprint density at radius 2 is 1.76 bits per heavy atom. The smallest absolute Gasteiger partial charge is 0.273 e. The second-order valence-corrected chi connectivity index (χ2v) is 6.04. The molecular formula is C19H19N3O3. The summed E-state index contributed by atoms with van der Waals surface area (Å²) >= 11 is 0. The van der Waals surface area contributed by atoms with Gasteiger partial charge in [-0.05, 0) is 49.2 Å². The van der Waals surface area contributed by atoms with Gasteiger partial charge in [-0.15, -0.1) is 0 Å². The predicted octanol–water partition coefficient (Wildman–Crippen LogP) is 2.34. The molecule has 2 aromatic carbocycles. The molecule has 3 aromatic rings. The molecule has 0 bridgehead atoms. The highest BCUT2D eigenvalue weighted by molar-refractivity contribution is 5.90. The molecule has 1 heterocycles. The number of amides is 1. The van der Waals surface area contributed by atoms with Crippen molar-refractivity contribution in [2.45, 2.75) is 26.8 Å². The molecule has 0 fully saturated rings. The molecule has 0 saturated carbocycles. The van der Waals surface area contributed by atoms with Crippen LogP contribution in [0.15, 0.2) is 52.1 Å². The Morgan fingerprint density at radius 3 is 2.48 bits per heavy atom. The van der Waals surface area contributed by atoms with Crippen LogP contribution in [0.25, 0.3) is 10.8 Å².